The van der Waals surface area contributed by atoms with Gasteiger partial charge < -0.3 is 10.0 Å². The third-order valence-electron chi connectivity index (χ3n) is 5.76. The van der Waals surface area contributed by atoms with E-state index in [4.69, 9.17) is 6.57 Å². The molecule has 6 nitrogen and oxygen atoms in total. The maximum Gasteiger partial charge on any atom is 0.253 e. The number of amides is 1. The Labute approximate surface area is 191 Å². The number of benzene rings is 2. The molecular formula is C25H23N3O3S. The van der Waals surface area contributed by atoms with Gasteiger partial charge in [0.15, 0.2) is 11.5 Å². The molecule has 1 aliphatic rings. The summed E-state index contributed by atoms with van der Waals surface area (Å²) in [6.45, 7) is 9.25. The van der Waals surface area contributed by atoms with Crippen molar-refractivity contribution in [2.24, 2.45) is 0 Å². The Balaban J connectivity index is 1.42. The highest BCUT2D eigenvalue weighted by atomic mass is 32.1. The van der Waals surface area contributed by atoms with E-state index in [1.807, 2.05) is 36.7 Å². The molecule has 0 unspecified atom stereocenters. The number of Topliss-reactive ketones (excluding diaryl/α,β-unsaturated/α-hetero) is 1. The summed E-state index contributed by atoms with van der Waals surface area (Å²) in [5, 5.41) is 10.1. The second-order valence-electron chi connectivity index (χ2n) is 7.96. The van der Waals surface area contributed by atoms with Crippen LogP contribution in [0.2, 0.25) is 0 Å². The minimum Gasteiger partial charge on any atom is -0.391 e. The number of nitrogens with zero attached hydrogens (tertiary/aromatic N) is 3. The van der Waals surface area contributed by atoms with Gasteiger partial charge in [0.1, 0.15) is 0 Å². The molecule has 1 N–H and O–H groups in total. The molecule has 7 heteroatoms. The van der Waals surface area contributed by atoms with Gasteiger partial charge in [0.05, 0.1) is 34.8 Å². The van der Waals surface area contributed by atoms with E-state index in [1.54, 1.807) is 29.5 Å². The van der Waals surface area contributed by atoms with Gasteiger partial charge in [-0.25, -0.2) is 9.83 Å². The fraction of sp³-hybridized carbons (Fsp3) is 0.280. The van der Waals surface area contributed by atoms with Gasteiger partial charge in [0, 0.05) is 24.9 Å². The van der Waals surface area contributed by atoms with Gasteiger partial charge >= 0.3 is 0 Å². The average Bonchev–Trinajstić information content (AvgIpc) is 3.42. The average molecular weight is 446 g/mol. The lowest BCUT2D eigenvalue weighted by molar-refractivity contribution is -0.122. The smallest absolute Gasteiger partial charge is 0.253 e. The number of aliphatic hydroxyl groups excluding tert-OH is 1. The lowest BCUT2D eigenvalue weighted by Crippen LogP contribution is -2.40. The Morgan fingerprint density at radius 3 is 2.72 bits per heavy atom. The monoisotopic (exact) mass is 445 g/mol. The number of carbonyl (C=O) groups is 2. The molecule has 0 spiro atoms. The summed E-state index contributed by atoms with van der Waals surface area (Å²) in [5.41, 5.74) is 5.72. The molecule has 2 aromatic carbocycles. The normalized spacial score (nSPS) is 17.8. The van der Waals surface area contributed by atoms with Crippen molar-refractivity contribution < 1.29 is 14.7 Å². The summed E-state index contributed by atoms with van der Waals surface area (Å²) in [4.78, 5) is 36.2. The standard InChI is InChI=1S/C25H23N3O3S/c1-16-24(32-15-27-16)18-9-6-17(7-10-18)8-11-23(30)22-13-21(29)14-28(22)25(31)19-4-3-5-20(12-19)26-2/h3-7,9-10,12,15,21-22,29H,8,11,13-14H2,1H3/t21-,22+/m1/s1. The van der Waals surface area contributed by atoms with E-state index in [0.29, 0.717) is 24.1 Å². The molecule has 0 radical (unpaired) electrons. The molecular weight excluding hydrogens is 422 g/mol. The second-order valence-corrected chi connectivity index (χ2v) is 8.81. The molecule has 1 aliphatic heterocycles. The molecule has 162 valence electrons. The summed E-state index contributed by atoms with van der Waals surface area (Å²) in [6.07, 6.45) is 0.389. The van der Waals surface area contributed by atoms with Crippen LogP contribution in [0, 0.1) is 13.5 Å². The maximum absolute atomic E-state index is 13.0. The van der Waals surface area contributed by atoms with Gasteiger partial charge in [0.2, 0.25) is 0 Å². The van der Waals surface area contributed by atoms with E-state index in [1.165, 1.54) is 11.0 Å². The zero-order valence-electron chi connectivity index (χ0n) is 17.7. The van der Waals surface area contributed by atoms with Crippen LogP contribution < -0.4 is 0 Å². The number of carbonyl (C=O) groups excluding carboxylic acids is 2. The Bertz CT molecular complexity index is 1180. The van der Waals surface area contributed by atoms with Crippen molar-refractivity contribution in [3.63, 3.8) is 0 Å². The summed E-state index contributed by atoms with van der Waals surface area (Å²) in [7, 11) is 0. The van der Waals surface area contributed by atoms with Crippen molar-refractivity contribution in [1.82, 2.24) is 9.88 Å². The van der Waals surface area contributed by atoms with Crippen LogP contribution in [0.4, 0.5) is 5.69 Å². The van der Waals surface area contributed by atoms with Crippen molar-refractivity contribution in [2.75, 3.05) is 6.54 Å². The van der Waals surface area contributed by atoms with Gasteiger partial charge in [-0.3, -0.25) is 9.59 Å². The third-order valence-corrected chi connectivity index (χ3v) is 6.73. The number of hydrogen-bond donors (Lipinski definition) is 1. The Morgan fingerprint density at radius 2 is 2.03 bits per heavy atom. The number of likely N-dealkylation sites (tertiary alicyclic amines) is 1. The lowest BCUT2D eigenvalue weighted by Gasteiger charge is -2.23. The lowest BCUT2D eigenvalue weighted by atomic mass is 10.00. The first-order valence-corrected chi connectivity index (χ1v) is 11.3. The Hall–Kier alpha value is -3.34. The minimum atomic E-state index is -0.723. The molecule has 32 heavy (non-hydrogen) atoms. The molecule has 0 saturated carbocycles. The molecule has 1 amide bonds. The molecule has 2 heterocycles. The highest BCUT2D eigenvalue weighted by molar-refractivity contribution is 7.13. The van der Waals surface area contributed by atoms with Crippen LogP contribution >= 0.6 is 11.3 Å². The number of aliphatic hydroxyl groups is 1. The first-order chi connectivity index (χ1) is 15.5. The largest absolute Gasteiger partial charge is 0.391 e. The number of thiazole rings is 1. The van der Waals surface area contributed by atoms with Crippen LogP contribution in [-0.2, 0) is 11.2 Å². The first-order valence-electron chi connectivity index (χ1n) is 10.4. The molecule has 0 bridgehead atoms. The quantitative estimate of drug-likeness (QED) is 0.569. The van der Waals surface area contributed by atoms with Crippen molar-refractivity contribution in [3.8, 4) is 10.4 Å². The van der Waals surface area contributed by atoms with E-state index in [0.717, 1.165) is 21.7 Å². The molecule has 1 aromatic heterocycles. The molecule has 3 aromatic rings. The number of hydrogen-bond acceptors (Lipinski definition) is 5. The third kappa shape index (κ3) is 4.62. The highest BCUT2D eigenvalue weighted by Crippen LogP contribution is 2.28. The number of aryl methyl sites for hydroxylation is 2. The van der Waals surface area contributed by atoms with Gasteiger partial charge in [-0.2, -0.15) is 0 Å². The predicted molar refractivity (Wildman–Crippen MR) is 124 cm³/mol. The van der Waals surface area contributed by atoms with Gasteiger partial charge in [-0.15, -0.1) is 11.3 Å². The fourth-order valence-electron chi connectivity index (χ4n) is 4.05. The number of ketones is 1. The van der Waals surface area contributed by atoms with Crippen LogP contribution in [0.5, 0.6) is 0 Å². The maximum atomic E-state index is 13.0. The van der Waals surface area contributed by atoms with Crippen molar-refractivity contribution in [1.29, 1.82) is 0 Å². The topological polar surface area (TPSA) is 74.9 Å². The highest BCUT2D eigenvalue weighted by Gasteiger charge is 2.38. The molecule has 0 aliphatic carbocycles. The van der Waals surface area contributed by atoms with E-state index < -0.39 is 12.1 Å². The SMILES string of the molecule is [C-]#[N+]c1cccc(C(=O)N2C[C@H](O)C[C@H]2C(=O)CCc2ccc(-c3scnc3C)cc2)c1. The number of β-amino-alcohol motifs (C(OH)–C–C–N with tert-alkyl or cyclic N) is 1. The van der Waals surface area contributed by atoms with Crippen LogP contribution in [0.3, 0.4) is 0 Å². The molecule has 4 rings (SSSR count). The van der Waals surface area contributed by atoms with Crippen molar-refractivity contribution >= 4 is 28.7 Å². The Kier molecular flexibility index (Phi) is 6.45. The Morgan fingerprint density at radius 1 is 1.25 bits per heavy atom. The zero-order valence-corrected chi connectivity index (χ0v) is 18.5. The molecule has 1 saturated heterocycles. The first kappa shape index (κ1) is 21.9. The summed E-state index contributed by atoms with van der Waals surface area (Å²) >= 11 is 1.60. The van der Waals surface area contributed by atoms with Crippen LogP contribution in [0.15, 0.2) is 54.0 Å². The van der Waals surface area contributed by atoms with Crippen molar-refractivity contribution in [2.45, 2.75) is 38.3 Å². The minimum absolute atomic E-state index is 0.0568. The number of rotatable bonds is 6. The van der Waals surface area contributed by atoms with Crippen LogP contribution in [0.25, 0.3) is 15.3 Å². The molecule has 1 fully saturated rings. The number of aromatic nitrogens is 1. The van der Waals surface area contributed by atoms with Crippen LogP contribution in [-0.4, -0.2) is 45.4 Å². The van der Waals surface area contributed by atoms with Crippen molar-refractivity contribution in [3.05, 3.63) is 82.3 Å². The summed E-state index contributed by atoms with van der Waals surface area (Å²) < 4.78 is 0. The zero-order chi connectivity index (χ0) is 22.7. The van der Waals surface area contributed by atoms with E-state index >= 15 is 0 Å². The van der Waals surface area contributed by atoms with Gasteiger partial charge in [0.25, 0.3) is 5.91 Å². The molecule has 2 atom stereocenters. The van der Waals surface area contributed by atoms with Gasteiger partial charge in [-0.1, -0.05) is 42.5 Å². The predicted octanol–water partition coefficient (Wildman–Crippen LogP) is 4.45. The van der Waals surface area contributed by atoms with Crippen LogP contribution in [0.1, 0.15) is 34.5 Å². The van der Waals surface area contributed by atoms with E-state index in [2.05, 4.69) is 9.83 Å². The van der Waals surface area contributed by atoms with E-state index in [-0.39, 0.29) is 24.7 Å². The van der Waals surface area contributed by atoms with Gasteiger partial charge in [-0.05, 0) is 30.5 Å². The van der Waals surface area contributed by atoms with E-state index in [9.17, 15) is 14.7 Å². The fourth-order valence-corrected chi connectivity index (χ4v) is 4.87. The summed E-state index contributed by atoms with van der Waals surface area (Å²) in [5.74, 6) is -0.381. The second kappa shape index (κ2) is 9.43. The summed E-state index contributed by atoms with van der Waals surface area (Å²) in [6, 6.07) is 13.9.